The average molecular weight is 334 g/mol. The zero-order valence-corrected chi connectivity index (χ0v) is 14.8. The van der Waals surface area contributed by atoms with E-state index in [-0.39, 0.29) is 18.1 Å². The number of likely N-dealkylation sites (tertiary alicyclic amines) is 1. The van der Waals surface area contributed by atoms with Gasteiger partial charge in [-0.25, -0.2) is 4.79 Å². The van der Waals surface area contributed by atoms with Crippen molar-refractivity contribution in [1.29, 1.82) is 0 Å². The standard InChI is InChI=1S/C18H26N2O4/c1-13(21)19-11-14-5-7-15(8-6-14)23-16-9-10-20(12-16)17(22)24-18(2,3)4/h5-8,16H,9-12H2,1-4H3,(H,19,21). The van der Waals surface area contributed by atoms with Gasteiger partial charge in [0, 0.05) is 26.4 Å². The van der Waals surface area contributed by atoms with Gasteiger partial charge in [-0.2, -0.15) is 0 Å². The number of rotatable bonds is 4. The molecule has 0 aromatic heterocycles. The minimum atomic E-state index is -0.486. The molecule has 1 aliphatic rings. The van der Waals surface area contributed by atoms with Crippen LogP contribution in [0.5, 0.6) is 5.75 Å². The fraction of sp³-hybridized carbons (Fsp3) is 0.556. The smallest absolute Gasteiger partial charge is 0.410 e. The molecule has 1 fully saturated rings. The summed E-state index contributed by atoms with van der Waals surface area (Å²) in [4.78, 5) is 24.6. The summed E-state index contributed by atoms with van der Waals surface area (Å²) in [5.74, 6) is 0.709. The van der Waals surface area contributed by atoms with Gasteiger partial charge < -0.3 is 19.7 Å². The predicted octanol–water partition coefficient (Wildman–Crippen LogP) is 2.71. The number of nitrogens with one attached hydrogen (secondary N) is 1. The minimum absolute atomic E-state index is 0.0290. The van der Waals surface area contributed by atoms with Gasteiger partial charge in [-0.1, -0.05) is 12.1 Å². The molecule has 2 rings (SSSR count). The molecule has 1 unspecified atom stereocenters. The summed E-state index contributed by atoms with van der Waals surface area (Å²) in [6.07, 6.45) is 0.463. The first kappa shape index (κ1) is 18.1. The Morgan fingerprint density at radius 3 is 2.50 bits per heavy atom. The molecule has 1 heterocycles. The van der Waals surface area contributed by atoms with E-state index in [0.717, 1.165) is 17.7 Å². The van der Waals surface area contributed by atoms with Crippen LogP contribution in [0.3, 0.4) is 0 Å². The van der Waals surface area contributed by atoms with E-state index in [1.54, 1.807) is 4.90 Å². The normalized spacial score (nSPS) is 17.5. The number of benzene rings is 1. The second kappa shape index (κ2) is 7.55. The number of nitrogens with zero attached hydrogens (tertiary/aromatic N) is 1. The lowest BCUT2D eigenvalue weighted by molar-refractivity contribution is -0.119. The van der Waals surface area contributed by atoms with Crippen molar-refractivity contribution in [2.24, 2.45) is 0 Å². The lowest BCUT2D eigenvalue weighted by atomic mass is 10.2. The van der Waals surface area contributed by atoms with E-state index in [1.807, 2.05) is 45.0 Å². The van der Waals surface area contributed by atoms with Gasteiger partial charge >= 0.3 is 6.09 Å². The van der Waals surface area contributed by atoms with Gasteiger partial charge in [0.25, 0.3) is 0 Å². The molecule has 0 spiro atoms. The first-order chi connectivity index (χ1) is 11.2. The Morgan fingerprint density at radius 2 is 1.92 bits per heavy atom. The summed E-state index contributed by atoms with van der Waals surface area (Å²) in [6.45, 7) is 8.74. The van der Waals surface area contributed by atoms with Crippen LogP contribution >= 0.6 is 0 Å². The molecule has 1 atom stereocenters. The van der Waals surface area contributed by atoms with Crippen molar-refractivity contribution in [3.05, 3.63) is 29.8 Å². The second-order valence-corrected chi connectivity index (χ2v) is 7.01. The fourth-order valence-electron chi connectivity index (χ4n) is 2.42. The molecule has 1 aromatic carbocycles. The van der Waals surface area contributed by atoms with Crippen LogP contribution in [-0.4, -0.2) is 41.7 Å². The third kappa shape index (κ3) is 5.76. The number of ether oxygens (including phenoxy) is 2. The molecule has 1 aliphatic heterocycles. The highest BCUT2D eigenvalue weighted by Crippen LogP contribution is 2.21. The predicted molar refractivity (Wildman–Crippen MR) is 90.8 cm³/mol. The van der Waals surface area contributed by atoms with E-state index in [1.165, 1.54) is 6.92 Å². The van der Waals surface area contributed by atoms with Crippen LogP contribution in [0.15, 0.2) is 24.3 Å². The van der Waals surface area contributed by atoms with Crippen LogP contribution in [0.1, 0.15) is 39.7 Å². The van der Waals surface area contributed by atoms with Crippen molar-refractivity contribution in [2.75, 3.05) is 13.1 Å². The molecule has 0 radical (unpaired) electrons. The molecule has 132 valence electrons. The van der Waals surface area contributed by atoms with Gasteiger partial charge in [-0.15, -0.1) is 0 Å². The Labute approximate surface area is 143 Å². The highest BCUT2D eigenvalue weighted by atomic mass is 16.6. The molecular formula is C18H26N2O4. The van der Waals surface area contributed by atoms with E-state index >= 15 is 0 Å². The lowest BCUT2D eigenvalue weighted by Gasteiger charge is -2.24. The van der Waals surface area contributed by atoms with Crippen molar-refractivity contribution in [3.63, 3.8) is 0 Å². The topological polar surface area (TPSA) is 67.9 Å². The van der Waals surface area contributed by atoms with Crippen molar-refractivity contribution in [3.8, 4) is 5.75 Å². The molecular weight excluding hydrogens is 308 g/mol. The van der Waals surface area contributed by atoms with Crippen LogP contribution in [-0.2, 0) is 16.1 Å². The van der Waals surface area contributed by atoms with Gasteiger partial charge in [0.05, 0.1) is 6.54 Å². The van der Waals surface area contributed by atoms with Crippen LogP contribution in [0, 0.1) is 0 Å². The minimum Gasteiger partial charge on any atom is -0.489 e. The lowest BCUT2D eigenvalue weighted by Crippen LogP contribution is -2.36. The van der Waals surface area contributed by atoms with Crippen LogP contribution in [0.25, 0.3) is 0 Å². The van der Waals surface area contributed by atoms with Gasteiger partial charge in [0.1, 0.15) is 17.5 Å². The van der Waals surface area contributed by atoms with Crippen molar-refractivity contribution in [2.45, 2.75) is 52.4 Å². The highest BCUT2D eigenvalue weighted by Gasteiger charge is 2.30. The third-order valence-corrected chi connectivity index (χ3v) is 3.56. The Bertz CT molecular complexity index is 578. The van der Waals surface area contributed by atoms with Crippen molar-refractivity contribution >= 4 is 12.0 Å². The number of carbonyl (C=O) groups excluding carboxylic acids is 2. The summed E-state index contributed by atoms with van der Waals surface area (Å²) in [5.41, 5.74) is 0.527. The quantitative estimate of drug-likeness (QED) is 0.919. The van der Waals surface area contributed by atoms with Gasteiger partial charge in [-0.3, -0.25) is 4.79 Å². The summed E-state index contributed by atoms with van der Waals surface area (Å²) in [7, 11) is 0. The molecule has 1 N–H and O–H groups in total. The zero-order chi connectivity index (χ0) is 17.7. The van der Waals surface area contributed by atoms with Crippen molar-refractivity contribution < 1.29 is 19.1 Å². The molecule has 2 amide bonds. The molecule has 6 heteroatoms. The molecule has 6 nitrogen and oxygen atoms in total. The Balaban J connectivity index is 1.82. The van der Waals surface area contributed by atoms with Crippen molar-refractivity contribution in [1.82, 2.24) is 10.2 Å². The fourth-order valence-corrected chi connectivity index (χ4v) is 2.42. The maximum absolute atomic E-state index is 12.0. The third-order valence-electron chi connectivity index (χ3n) is 3.56. The van der Waals surface area contributed by atoms with Gasteiger partial charge in [-0.05, 0) is 38.5 Å². The largest absolute Gasteiger partial charge is 0.489 e. The molecule has 1 aromatic rings. The molecule has 0 bridgehead atoms. The van der Waals surface area contributed by atoms with Gasteiger partial charge in [0.2, 0.25) is 5.91 Å². The number of amides is 2. The first-order valence-corrected chi connectivity index (χ1v) is 8.21. The van der Waals surface area contributed by atoms with E-state index in [4.69, 9.17) is 9.47 Å². The Hall–Kier alpha value is -2.24. The zero-order valence-electron chi connectivity index (χ0n) is 14.8. The van der Waals surface area contributed by atoms with E-state index in [0.29, 0.717) is 19.6 Å². The monoisotopic (exact) mass is 334 g/mol. The molecule has 0 saturated carbocycles. The average Bonchev–Trinajstić information content (AvgIpc) is 2.93. The second-order valence-electron chi connectivity index (χ2n) is 7.01. The molecule has 1 saturated heterocycles. The SMILES string of the molecule is CC(=O)NCc1ccc(OC2CCN(C(=O)OC(C)(C)C)C2)cc1. The Morgan fingerprint density at radius 1 is 1.25 bits per heavy atom. The van der Waals surface area contributed by atoms with E-state index in [9.17, 15) is 9.59 Å². The molecule has 24 heavy (non-hydrogen) atoms. The van der Waals surface area contributed by atoms with Crippen LogP contribution in [0.2, 0.25) is 0 Å². The van der Waals surface area contributed by atoms with E-state index in [2.05, 4.69) is 5.32 Å². The first-order valence-electron chi connectivity index (χ1n) is 8.21. The summed E-state index contributed by atoms with van der Waals surface area (Å²) in [5, 5.41) is 2.75. The summed E-state index contributed by atoms with van der Waals surface area (Å²) in [6, 6.07) is 7.61. The number of hydrogen-bond donors (Lipinski definition) is 1. The number of carbonyl (C=O) groups is 2. The van der Waals surface area contributed by atoms with E-state index < -0.39 is 5.60 Å². The van der Waals surface area contributed by atoms with Gasteiger partial charge in [0.15, 0.2) is 0 Å². The van der Waals surface area contributed by atoms with Crippen LogP contribution in [0.4, 0.5) is 4.79 Å². The van der Waals surface area contributed by atoms with Crippen LogP contribution < -0.4 is 10.1 Å². The molecule has 0 aliphatic carbocycles. The summed E-state index contributed by atoms with van der Waals surface area (Å²) >= 11 is 0. The summed E-state index contributed by atoms with van der Waals surface area (Å²) < 4.78 is 11.3. The maximum atomic E-state index is 12.0. The Kier molecular flexibility index (Phi) is 5.70. The maximum Gasteiger partial charge on any atom is 0.410 e. The number of hydrogen-bond acceptors (Lipinski definition) is 4. The highest BCUT2D eigenvalue weighted by molar-refractivity contribution is 5.72.